The van der Waals surface area contributed by atoms with Gasteiger partial charge >= 0.3 is 6.03 Å². The molecule has 2 aromatic rings. The summed E-state index contributed by atoms with van der Waals surface area (Å²) in [6.07, 6.45) is 3.44. The first-order valence-electron chi connectivity index (χ1n) is 15.0. The van der Waals surface area contributed by atoms with Gasteiger partial charge in [-0.05, 0) is 95.6 Å². The second-order valence-corrected chi connectivity index (χ2v) is 11.4. The maximum Gasteiger partial charge on any atom is 0.323 e. The highest BCUT2D eigenvalue weighted by molar-refractivity contribution is 6.02. The molecule has 232 valence electrons. The Morgan fingerprint density at radius 1 is 1.14 bits per heavy atom. The Kier molecular flexibility index (Phi) is 13.0. The van der Waals surface area contributed by atoms with E-state index >= 15 is 0 Å². The number of nitrogens with one attached hydrogen (secondary N) is 2. The van der Waals surface area contributed by atoms with E-state index in [1.54, 1.807) is 23.1 Å². The van der Waals surface area contributed by atoms with Crippen molar-refractivity contribution in [3.63, 3.8) is 0 Å². The van der Waals surface area contributed by atoms with Gasteiger partial charge in [-0.25, -0.2) is 9.18 Å². The molecule has 3 rings (SSSR count). The van der Waals surface area contributed by atoms with E-state index < -0.39 is 17.9 Å². The van der Waals surface area contributed by atoms with E-state index in [0.29, 0.717) is 35.8 Å². The summed E-state index contributed by atoms with van der Waals surface area (Å²) in [5.74, 6) is -0.281. The normalized spacial score (nSPS) is 21.2. The van der Waals surface area contributed by atoms with Crippen LogP contribution >= 0.6 is 0 Å². The molecule has 0 saturated heterocycles. The zero-order valence-electron chi connectivity index (χ0n) is 25.6. The Morgan fingerprint density at radius 3 is 2.52 bits per heavy atom. The van der Waals surface area contributed by atoms with Crippen LogP contribution < -0.4 is 15.4 Å². The minimum atomic E-state index is -0.533. The number of hydrogen-bond acceptors (Lipinski definition) is 6. The SMILES string of the molecule is CCCN(C)C[C@@H]1OCCCC[C@@H](C)Oc2ccc(NC(=O)Nc3ccc(F)cc3)cc2C(=O)N([C@H](C)CO)C[C@@H]1C. The number of carbonyl (C=O) groups excluding carboxylic acids is 2. The first kappa shape index (κ1) is 33.3. The number of aliphatic hydroxyl groups excluding tert-OH is 1. The summed E-state index contributed by atoms with van der Waals surface area (Å²) >= 11 is 0. The summed E-state index contributed by atoms with van der Waals surface area (Å²) < 4.78 is 25.9. The average Bonchev–Trinajstić information content (AvgIpc) is 2.96. The molecule has 1 aliphatic heterocycles. The zero-order chi connectivity index (χ0) is 30.6. The van der Waals surface area contributed by atoms with Crippen LogP contribution in [0.2, 0.25) is 0 Å². The summed E-state index contributed by atoms with van der Waals surface area (Å²) in [5.41, 5.74) is 1.12. The van der Waals surface area contributed by atoms with Crippen molar-refractivity contribution in [1.82, 2.24) is 9.80 Å². The molecule has 0 unspecified atom stereocenters. The van der Waals surface area contributed by atoms with Crippen molar-refractivity contribution in [3.8, 4) is 5.75 Å². The monoisotopic (exact) mass is 586 g/mol. The van der Waals surface area contributed by atoms with Gasteiger partial charge in [0.25, 0.3) is 5.91 Å². The van der Waals surface area contributed by atoms with Crippen molar-refractivity contribution in [3.05, 3.63) is 53.8 Å². The number of hydrogen-bond donors (Lipinski definition) is 3. The number of amides is 3. The van der Waals surface area contributed by atoms with E-state index in [2.05, 4.69) is 36.4 Å². The predicted octanol–water partition coefficient (Wildman–Crippen LogP) is 5.61. The van der Waals surface area contributed by atoms with Gasteiger partial charge in [-0.2, -0.15) is 0 Å². The number of ether oxygens (including phenoxy) is 2. The van der Waals surface area contributed by atoms with E-state index in [9.17, 15) is 19.1 Å². The molecule has 0 aromatic heterocycles. The average molecular weight is 587 g/mol. The van der Waals surface area contributed by atoms with E-state index in [1.807, 2.05) is 13.8 Å². The summed E-state index contributed by atoms with van der Waals surface area (Å²) in [4.78, 5) is 30.8. The molecule has 0 aliphatic carbocycles. The maximum atomic E-state index is 14.2. The van der Waals surface area contributed by atoms with Crippen LogP contribution in [0.3, 0.4) is 0 Å². The summed E-state index contributed by atoms with van der Waals surface area (Å²) in [7, 11) is 2.08. The maximum absolute atomic E-state index is 14.2. The molecule has 2 aromatic carbocycles. The van der Waals surface area contributed by atoms with Crippen molar-refractivity contribution < 1.29 is 28.6 Å². The van der Waals surface area contributed by atoms with Gasteiger partial charge in [-0.1, -0.05) is 13.8 Å². The highest BCUT2D eigenvalue weighted by Crippen LogP contribution is 2.28. The fraction of sp³-hybridized carbons (Fsp3) is 0.562. The number of anilines is 2. The fourth-order valence-electron chi connectivity index (χ4n) is 5.07. The molecule has 1 aliphatic rings. The van der Waals surface area contributed by atoms with Gasteiger partial charge in [0.2, 0.25) is 0 Å². The molecule has 0 radical (unpaired) electrons. The van der Waals surface area contributed by atoms with Crippen molar-refractivity contribution in [1.29, 1.82) is 0 Å². The fourth-order valence-corrected chi connectivity index (χ4v) is 5.07. The molecule has 0 fully saturated rings. The lowest BCUT2D eigenvalue weighted by molar-refractivity contribution is -0.0167. The van der Waals surface area contributed by atoms with Crippen molar-refractivity contribution in [2.45, 2.75) is 71.6 Å². The number of fused-ring (bicyclic) bond motifs is 1. The third kappa shape index (κ3) is 9.96. The lowest BCUT2D eigenvalue weighted by Gasteiger charge is -2.35. The molecular weight excluding hydrogens is 539 g/mol. The second kappa shape index (κ2) is 16.4. The molecule has 0 saturated carbocycles. The molecule has 0 bridgehead atoms. The van der Waals surface area contributed by atoms with Crippen molar-refractivity contribution >= 4 is 23.3 Å². The number of aliphatic hydroxyl groups is 1. The highest BCUT2D eigenvalue weighted by atomic mass is 19.1. The van der Waals surface area contributed by atoms with E-state index in [4.69, 9.17) is 9.47 Å². The van der Waals surface area contributed by atoms with Crippen LogP contribution in [-0.4, -0.2) is 85.0 Å². The Morgan fingerprint density at radius 2 is 1.83 bits per heavy atom. The van der Waals surface area contributed by atoms with Crippen LogP contribution in [0.4, 0.5) is 20.6 Å². The molecular formula is C32H47FN4O5. The highest BCUT2D eigenvalue weighted by Gasteiger charge is 2.30. The van der Waals surface area contributed by atoms with Gasteiger partial charge in [-0.3, -0.25) is 4.79 Å². The Labute approximate surface area is 249 Å². The third-order valence-corrected chi connectivity index (χ3v) is 7.51. The topological polar surface area (TPSA) is 103 Å². The van der Waals surface area contributed by atoms with Crippen LogP contribution in [0.15, 0.2) is 42.5 Å². The quantitative estimate of drug-likeness (QED) is 0.372. The largest absolute Gasteiger partial charge is 0.490 e. The number of rotatable bonds is 8. The third-order valence-electron chi connectivity index (χ3n) is 7.51. The number of carbonyl (C=O) groups is 2. The first-order chi connectivity index (χ1) is 20.1. The van der Waals surface area contributed by atoms with E-state index in [-0.39, 0.29) is 30.6 Å². The second-order valence-electron chi connectivity index (χ2n) is 11.4. The Hall–Kier alpha value is -3.21. The minimum Gasteiger partial charge on any atom is -0.490 e. The molecule has 3 N–H and O–H groups in total. The first-order valence-corrected chi connectivity index (χ1v) is 15.0. The Bertz CT molecular complexity index is 1150. The molecule has 42 heavy (non-hydrogen) atoms. The smallest absolute Gasteiger partial charge is 0.323 e. The molecule has 4 atom stereocenters. The van der Waals surface area contributed by atoms with Crippen molar-refractivity contribution in [2.24, 2.45) is 5.92 Å². The van der Waals surface area contributed by atoms with Gasteiger partial charge < -0.3 is 35.0 Å². The number of benzene rings is 2. The summed E-state index contributed by atoms with van der Waals surface area (Å²) in [6.45, 7) is 10.5. The van der Waals surface area contributed by atoms with Crippen LogP contribution in [0.5, 0.6) is 5.75 Å². The van der Waals surface area contributed by atoms with Crippen LogP contribution in [0.1, 0.15) is 63.7 Å². The van der Waals surface area contributed by atoms with Gasteiger partial charge in [0.1, 0.15) is 11.6 Å². The van der Waals surface area contributed by atoms with Crippen molar-refractivity contribution in [2.75, 3.05) is 50.5 Å². The number of urea groups is 1. The molecule has 3 amide bonds. The standard InChI is InChI=1S/C32H47FN4O5/c1-6-16-36(5)20-30-22(2)19-37(23(3)21-38)31(39)28-18-27(35-32(40)34-26-12-10-25(33)11-13-26)14-15-29(28)42-24(4)9-7-8-17-41-30/h10-15,18,22-24,30,38H,6-9,16-17,19-21H2,1-5H3,(H2,34,35,40)/t22-,23+,24+,30-/m0/s1. The van der Waals surface area contributed by atoms with Crippen LogP contribution in [0, 0.1) is 11.7 Å². The van der Waals surface area contributed by atoms with Gasteiger partial charge in [0, 0.05) is 37.0 Å². The number of nitrogens with zero attached hydrogens (tertiary/aromatic N) is 2. The zero-order valence-corrected chi connectivity index (χ0v) is 25.6. The number of halogens is 1. The lowest BCUT2D eigenvalue weighted by atomic mass is 10.0. The molecule has 0 spiro atoms. The van der Waals surface area contributed by atoms with Gasteiger partial charge in [-0.15, -0.1) is 0 Å². The Balaban J connectivity index is 1.91. The van der Waals surface area contributed by atoms with E-state index in [1.165, 1.54) is 24.3 Å². The predicted molar refractivity (Wildman–Crippen MR) is 164 cm³/mol. The molecule has 10 heteroatoms. The summed E-state index contributed by atoms with van der Waals surface area (Å²) in [6, 6.07) is 9.43. The molecule has 9 nitrogen and oxygen atoms in total. The lowest BCUT2D eigenvalue weighted by Crippen LogP contribution is -2.47. The number of likely N-dealkylation sites (N-methyl/N-ethyl adjacent to an activating group) is 1. The summed E-state index contributed by atoms with van der Waals surface area (Å²) in [5, 5.41) is 15.5. The molecule has 1 heterocycles. The minimum absolute atomic E-state index is 0.00344. The van der Waals surface area contributed by atoms with E-state index in [0.717, 1.165) is 38.8 Å². The van der Waals surface area contributed by atoms with Crippen LogP contribution in [0.25, 0.3) is 0 Å². The van der Waals surface area contributed by atoms with Crippen LogP contribution in [-0.2, 0) is 4.74 Å². The van der Waals surface area contributed by atoms with Gasteiger partial charge in [0.15, 0.2) is 0 Å². The van der Waals surface area contributed by atoms with Gasteiger partial charge in [0.05, 0.1) is 30.4 Å².